The summed E-state index contributed by atoms with van der Waals surface area (Å²) in [4.78, 5) is 10.4. The van der Waals surface area contributed by atoms with Gasteiger partial charge in [0.05, 0.1) is 21.7 Å². The van der Waals surface area contributed by atoms with Gasteiger partial charge in [0.25, 0.3) is 5.69 Å². The van der Waals surface area contributed by atoms with Gasteiger partial charge >= 0.3 is 0 Å². The van der Waals surface area contributed by atoms with Crippen molar-refractivity contribution in [3.05, 3.63) is 172 Å². The maximum Gasteiger partial charge on any atom is 0.269 e. The van der Waals surface area contributed by atoms with E-state index in [9.17, 15) is 10.1 Å². The predicted molar refractivity (Wildman–Crippen MR) is 142 cm³/mol. The van der Waals surface area contributed by atoms with Crippen LogP contribution in [0.1, 0.15) is 22.3 Å². The zero-order valence-corrected chi connectivity index (χ0v) is 19.4. The fourth-order valence-corrected chi connectivity index (χ4v) is 4.60. The number of hydrogen-bond acceptors (Lipinski definition) is 4. The van der Waals surface area contributed by atoms with E-state index in [4.69, 9.17) is 0 Å². The van der Waals surface area contributed by atoms with Crippen LogP contribution in [0.15, 0.2) is 150 Å². The van der Waals surface area contributed by atoms with Crippen molar-refractivity contribution in [3.8, 4) is 0 Å². The number of nitro benzene ring substituents is 1. The Bertz CT molecular complexity index is 1370. The van der Waals surface area contributed by atoms with Gasteiger partial charge < -0.3 is 0 Å². The first-order valence-corrected chi connectivity index (χ1v) is 11.6. The SMILES string of the molecule is O=[N+]([O-])c1ccc(N=Nc2ccc(C(c3ccccc3)(c3ccccc3)c3ccccc3)cc2)cc1. The first-order chi connectivity index (χ1) is 17.7. The molecule has 36 heavy (non-hydrogen) atoms. The highest BCUT2D eigenvalue weighted by atomic mass is 16.6. The summed E-state index contributed by atoms with van der Waals surface area (Å²) in [6, 6.07) is 45.7. The van der Waals surface area contributed by atoms with Crippen LogP contribution in [-0.2, 0) is 5.41 Å². The Kier molecular flexibility index (Phi) is 6.45. The van der Waals surface area contributed by atoms with Crippen LogP contribution in [-0.4, -0.2) is 4.92 Å². The highest BCUT2D eigenvalue weighted by Gasteiger charge is 2.38. The van der Waals surface area contributed by atoms with E-state index in [0.29, 0.717) is 11.4 Å². The summed E-state index contributed by atoms with van der Waals surface area (Å²) < 4.78 is 0. The Labute approximate surface area is 209 Å². The number of azo groups is 1. The van der Waals surface area contributed by atoms with Crippen LogP contribution in [0.25, 0.3) is 0 Å². The van der Waals surface area contributed by atoms with E-state index >= 15 is 0 Å². The summed E-state index contributed by atoms with van der Waals surface area (Å²) in [6.07, 6.45) is 0. The molecule has 0 unspecified atom stereocenters. The lowest BCUT2D eigenvalue weighted by molar-refractivity contribution is -0.384. The molecule has 0 spiro atoms. The van der Waals surface area contributed by atoms with E-state index in [1.54, 1.807) is 12.1 Å². The van der Waals surface area contributed by atoms with Gasteiger partial charge in [-0.15, -0.1) is 0 Å². The van der Waals surface area contributed by atoms with Gasteiger partial charge in [-0.05, 0) is 46.5 Å². The molecule has 0 N–H and O–H groups in total. The third kappa shape index (κ3) is 4.42. The Morgan fingerprint density at radius 2 is 0.806 bits per heavy atom. The van der Waals surface area contributed by atoms with Gasteiger partial charge in [-0.25, -0.2) is 0 Å². The molecule has 5 rings (SSSR count). The third-order valence-electron chi connectivity index (χ3n) is 6.26. The number of non-ortho nitro benzene ring substituents is 1. The molecule has 0 radical (unpaired) electrons. The molecule has 0 atom stereocenters. The Morgan fingerprint density at radius 3 is 1.17 bits per heavy atom. The monoisotopic (exact) mass is 469 g/mol. The molecule has 0 amide bonds. The molecule has 0 saturated heterocycles. The largest absolute Gasteiger partial charge is 0.269 e. The molecule has 5 aromatic carbocycles. The topological polar surface area (TPSA) is 67.9 Å². The molecule has 0 heterocycles. The lowest BCUT2D eigenvalue weighted by Gasteiger charge is -2.36. The van der Waals surface area contributed by atoms with E-state index in [0.717, 1.165) is 5.56 Å². The zero-order chi connectivity index (χ0) is 24.8. The molecule has 5 heteroatoms. The van der Waals surface area contributed by atoms with Gasteiger partial charge in [-0.2, -0.15) is 10.2 Å². The summed E-state index contributed by atoms with van der Waals surface area (Å²) in [6.45, 7) is 0. The average molecular weight is 470 g/mol. The molecule has 5 aromatic rings. The van der Waals surface area contributed by atoms with Crippen molar-refractivity contribution in [2.75, 3.05) is 0 Å². The first-order valence-electron chi connectivity index (χ1n) is 11.6. The number of hydrogen-bond donors (Lipinski definition) is 0. The molecule has 0 saturated carbocycles. The van der Waals surface area contributed by atoms with E-state index < -0.39 is 10.3 Å². The van der Waals surface area contributed by atoms with E-state index in [1.807, 2.05) is 30.3 Å². The van der Waals surface area contributed by atoms with Crippen molar-refractivity contribution >= 4 is 17.1 Å². The first kappa shape index (κ1) is 22.9. The van der Waals surface area contributed by atoms with Gasteiger partial charge in [0, 0.05) is 12.1 Å². The van der Waals surface area contributed by atoms with Crippen molar-refractivity contribution in [3.63, 3.8) is 0 Å². The predicted octanol–water partition coefficient (Wildman–Crippen LogP) is 8.39. The molecular formula is C31H23N3O2. The second kappa shape index (κ2) is 10.2. The highest BCUT2D eigenvalue weighted by Crippen LogP contribution is 2.45. The van der Waals surface area contributed by atoms with Gasteiger partial charge in [0.1, 0.15) is 0 Å². The molecule has 0 aliphatic heterocycles. The van der Waals surface area contributed by atoms with Crippen molar-refractivity contribution in [1.29, 1.82) is 0 Å². The number of nitro groups is 1. The summed E-state index contributed by atoms with van der Waals surface area (Å²) in [5.41, 5.74) is 5.38. The van der Waals surface area contributed by atoms with Crippen LogP contribution in [0.5, 0.6) is 0 Å². The Hall–Kier alpha value is -4.90. The van der Waals surface area contributed by atoms with Crippen LogP contribution in [0, 0.1) is 10.1 Å². The van der Waals surface area contributed by atoms with Crippen molar-refractivity contribution < 1.29 is 4.92 Å². The minimum atomic E-state index is -0.516. The van der Waals surface area contributed by atoms with Gasteiger partial charge in [0.2, 0.25) is 0 Å². The second-order valence-electron chi connectivity index (χ2n) is 8.37. The summed E-state index contributed by atoms with van der Waals surface area (Å²) >= 11 is 0. The summed E-state index contributed by atoms with van der Waals surface area (Å²) in [5.74, 6) is 0. The number of nitrogens with zero attached hydrogens (tertiary/aromatic N) is 3. The van der Waals surface area contributed by atoms with Crippen LogP contribution in [0.3, 0.4) is 0 Å². The van der Waals surface area contributed by atoms with Crippen LogP contribution >= 0.6 is 0 Å². The Balaban J connectivity index is 1.59. The molecule has 0 bridgehead atoms. The van der Waals surface area contributed by atoms with Crippen LogP contribution in [0.4, 0.5) is 17.1 Å². The molecule has 0 aliphatic rings. The lowest BCUT2D eigenvalue weighted by Crippen LogP contribution is -2.30. The average Bonchev–Trinajstić information content (AvgIpc) is 2.95. The lowest BCUT2D eigenvalue weighted by atomic mass is 9.65. The van der Waals surface area contributed by atoms with E-state index in [-0.39, 0.29) is 5.69 Å². The van der Waals surface area contributed by atoms with Gasteiger partial charge in [0.15, 0.2) is 0 Å². The van der Waals surface area contributed by atoms with E-state index in [1.165, 1.54) is 28.8 Å². The zero-order valence-electron chi connectivity index (χ0n) is 19.4. The summed E-state index contributed by atoms with van der Waals surface area (Å²) in [5, 5.41) is 19.5. The molecule has 5 nitrogen and oxygen atoms in total. The molecular weight excluding hydrogens is 446 g/mol. The highest BCUT2D eigenvalue weighted by molar-refractivity contribution is 5.60. The van der Waals surface area contributed by atoms with Crippen LogP contribution in [0.2, 0.25) is 0 Å². The molecule has 0 fully saturated rings. The third-order valence-corrected chi connectivity index (χ3v) is 6.26. The fourth-order valence-electron chi connectivity index (χ4n) is 4.60. The van der Waals surface area contributed by atoms with Crippen molar-refractivity contribution in [2.24, 2.45) is 10.2 Å². The van der Waals surface area contributed by atoms with Crippen LogP contribution < -0.4 is 0 Å². The van der Waals surface area contributed by atoms with Crippen molar-refractivity contribution in [1.82, 2.24) is 0 Å². The maximum atomic E-state index is 10.9. The van der Waals surface area contributed by atoms with Crippen molar-refractivity contribution in [2.45, 2.75) is 5.41 Å². The molecule has 0 aromatic heterocycles. The minimum absolute atomic E-state index is 0.0254. The summed E-state index contributed by atoms with van der Waals surface area (Å²) in [7, 11) is 0. The number of benzene rings is 5. The number of rotatable bonds is 7. The van der Waals surface area contributed by atoms with Gasteiger partial charge in [-0.1, -0.05) is 103 Å². The minimum Gasteiger partial charge on any atom is -0.258 e. The molecule has 174 valence electrons. The quantitative estimate of drug-likeness (QED) is 0.104. The Morgan fingerprint density at radius 1 is 0.472 bits per heavy atom. The smallest absolute Gasteiger partial charge is 0.258 e. The fraction of sp³-hybridized carbons (Fsp3) is 0.0323. The molecule has 0 aliphatic carbocycles. The standard InChI is InChI=1S/C31H23N3O2/c35-34(36)30-22-20-29(21-23-30)33-32-28-18-16-27(17-19-28)31(24-10-4-1-5-11-24,25-12-6-2-7-13-25)26-14-8-3-9-15-26/h1-23H. The van der Waals surface area contributed by atoms with Gasteiger partial charge in [-0.3, -0.25) is 10.1 Å². The second-order valence-corrected chi connectivity index (χ2v) is 8.37. The normalized spacial score (nSPS) is 11.4. The van der Waals surface area contributed by atoms with E-state index in [2.05, 4.69) is 95.2 Å². The maximum absolute atomic E-state index is 10.9.